The smallest absolute Gasteiger partial charge is 0.266 e. The maximum atomic E-state index is 13.8. The van der Waals surface area contributed by atoms with E-state index < -0.39 is 23.2 Å². The summed E-state index contributed by atoms with van der Waals surface area (Å²) in [4.78, 5) is 30.3. The number of fused-ring (bicyclic) bond motifs is 1. The van der Waals surface area contributed by atoms with E-state index in [9.17, 15) is 18.4 Å². The predicted octanol–water partition coefficient (Wildman–Crippen LogP) is 5.01. The number of nitrogens with zero attached hydrogens (tertiary/aromatic N) is 2. The van der Waals surface area contributed by atoms with Crippen molar-refractivity contribution in [3.63, 3.8) is 0 Å². The van der Waals surface area contributed by atoms with E-state index in [1.165, 1.54) is 10.6 Å². The fraction of sp³-hybridized carbons (Fsp3) is 0.125. The maximum absolute atomic E-state index is 13.8. The van der Waals surface area contributed by atoms with Crippen molar-refractivity contribution in [3.05, 3.63) is 93.8 Å². The molecule has 0 saturated carbocycles. The second kappa shape index (κ2) is 8.92. The highest BCUT2D eigenvalue weighted by Gasteiger charge is 2.17. The minimum Gasteiger partial charge on any atom is -0.320 e. The molecule has 1 N–H and O–H groups in total. The Morgan fingerprint density at radius 3 is 2.44 bits per heavy atom. The van der Waals surface area contributed by atoms with Crippen molar-refractivity contribution in [2.24, 2.45) is 0 Å². The number of aromatic nitrogens is 2. The van der Waals surface area contributed by atoms with Gasteiger partial charge in [-0.05, 0) is 61.4 Å². The number of amides is 1. The van der Waals surface area contributed by atoms with Gasteiger partial charge in [-0.1, -0.05) is 36.0 Å². The summed E-state index contributed by atoms with van der Waals surface area (Å²) in [5.41, 5.74) is 2.44. The van der Waals surface area contributed by atoms with Crippen molar-refractivity contribution in [1.29, 1.82) is 0 Å². The van der Waals surface area contributed by atoms with Crippen LogP contribution in [0.3, 0.4) is 0 Å². The lowest BCUT2D eigenvalue weighted by Crippen LogP contribution is -2.23. The zero-order chi connectivity index (χ0) is 22.8. The number of carbonyl (C=O) groups excluding carboxylic acids is 1. The molecule has 0 aliphatic carbocycles. The van der Waals surface area contributed by atoms with E-state index in [-0.39, 0.29) is 11.3 Å². The molecule has 0 atom stereocenters. The van der Waals surface area contributed by atoms with Crippen LogP contribution in [-0.2, 0) is 4.79 Å². The van der Waals surface area contributed by atoms with E-state index in [2.05, 4.69) is 10.3 Å². The van der Waals surface area contributed by atoms with Gasteiger partial charge in [-0.2, -0.15) is 0 Å². The summed E-state index contributed by atoms with van der Waals surface area (Å²) < 4.78 is 29.1. The summed E-state index contributed by atoms with van der Waals surface area (Å²) in [6.45, 7) is 3.92. The molecule has 1 aromatic heterocycles. The first-order chi connectivity index (χ1) is 15.3. The minimum absolute atomic E-state index is 0.191. The van der Waals surface area contributed by atoms with Crippen molar-refractivity contribution in [2.75, 3.05) is 11.1 Å². The quantitative estimate of drug-likeness (QED) is 0.342. The van der Waals surface area contributed by atoms with Gasteiger partial charge in [0.15, 0.2) is 5.16 Å². The fourth-order valence-corrected chi connectivity index (χ4v) is 4.04. The van der Waals surface area contributed by atoms with Crippen molar-refractivity contribution in [3.8, 4) is 5.69 Å². The number of aryl methyl sites for hydroxylation is 2. The zero-order valence-electron chi connectivity index (χ0n) is 17.4. The summed E-state index contributed by atoms with van der Waals surface area (Å²) in [5.74, 6) is -2.53. The molecule has 8 heteroatoms. The van der Waals surface area contributed by atoms with Crippen LogP contribution < -0.4 is 10.9 Å². The second-order valence-electron chi connectivity index (χ2n) is 7.25. The Kier molecular flexibility index (Phi) is 6.05. The highest BCUT2D eigenvalue weighted by atomic mass is 32.2. The van der Waals surface area contributed by atoms with E-state index >= 15 is 0 Å². The van der Waals surface area contributed by atoms with Gasteiger partial charge in [-0.15, -0.1) is 0 Å². The van der Waals surface area contributed by atoms with Crippen LogP contribution in [0.15, 0.2) is 70.6 Å². The number of carbonyl (C=O) groups is 1. The van der Waals surface area contributed by atoms with Gasteiger partial charge in [0.1, 0.15) is 17.3 Å². The molecule has 32 heavy (non-hydrogen) atoms. The summed E-state index contributed by atoms with van der Waals surface area (Å²) in [6.07, 6.45) is 0. The topological polar surface area (TPSA) is 64.0 Å². The van der Waals surface area contributed by atoms with Gasteiger partial charge in [0.2, 0.25) is 5.91 Å². The average Bonchev–Trinajstić information content (AvgIpc) is 2.77. The fourth-order valence-electron chi connectivity index (χ4n) is 3.22. The van der Waals surface area contributed by atoms with Gasteiger partial charge in [0.05, 0.1) is 22.3 Å². The van der Waals surface area contributed by atoms with Gasteiger partial charge >= 0.3 is 0 Å². The number of thioether (sulfide) groups is 1. The molecule has 4 rings (SSSR count). The maximum Gasteiger partial charge on any atom is 0.266 e. The molecule has 0 aliphatic rings. The number of para-hydroxylation sites is 2. The highest BCUT2D eigenvalue weighted by Crippen LogP contribution is 2.24. The number of halogens is 2. The number of benzene rings is 3. The number of nitrogens with one attached hydrogen (secondary N) is 1. The predicted molar refractivity (Wildman–Crippen MR) is 123 cm³/mol. The summed E-state index contributed by atoms with van der Waals surface area (Å²) in [5, 5.41) is 3.01. The first kappa shape index (κ1) is 21.7. The van der Waals surface area contributed by atoms with E-state index in [1.807, 2.05) is 32.0 Å². The Bertz CT molecular complexity index is 1380. The normalized spacial score (nSPS) is 11.0. The van der Waals surface area contributed by atoms with Crippen LogP contribution in [0.25, 0.3) is 16.6 Å². The van der Waals surface area contributed by atoms with E-state index in [4.69, 9.17) is 0 Å². The van der Waals surface area contributed by atoms with Gasteiger partial charge in [-0.3, -0.25) is 14.2 Å². The van der Waals surface area contributed by atoms with Crippen molar-refractivity contribution >= 4 is 34.3 Å². The number of hydrogen-bond acceptors (Lipinski definition) is 4. The molecule has 0 unspecified atom stereocenters. The molecule has 0 radical (unpaired) electrons. The van der Waals surface area contributed by atoms with Crippen LogP contribution in [-0.4, -0.2) is 21.2 Å². The molecule has 162 valence electrons. The molecule has 3 aromatic carbocycles. The Morgan fingerprint density at radius 1 is 1.00 bits per heavy atom. The lowest BCUT2D eigenvalue weighted by atomic mass is 10.1. The first-order valence-corrected chi connectivity index (χ1v) is 10.8. The van der Waals surface area contributed by atoms with Crippen molar-refractivity contribution in [1.82, 2.24) is 9.55 Å². The van der Waals surface area contributed by atoms with Crippen LogP contribution >= 0.6 is 11.8 Å². The summed E-state index contributed by atoms with van der Waals surface area (Å²) >= 11 is 1.01. The Balaban J connectivity index is 1.70. The van der Waals surface area contributed by atoms with E-state index in [0.717, 1.165) is 35.0 Å². The molecule has 0 fully saturated rings. The van der Waals surface area contributed by atoms with Gasteiger partial charge in [0.25, 0.3) is 5.56 Å². The SMILES string of the molecule is Cc1ccc(-n2c(SCC(=O)Nc3c(F)cccc3F)nc3ccccc3c2=O)cc1C. The van der Waals surface area contributed by atoms with Crippen LogP contribution in [0.4, 0.5) is 14.5 Å². The standard InChI is InChI=1S/C24H19F2N3O2S/c1-14-10-11-16(12-15(14)2)29-23(31)17-6-3-4-9-20(17)27-24(29)32-13-21(30)28-22-18(25)7-5-8-19(22)26/h3-12H,13H2,1-2H3,(H,28,30). The van der Waals surface area contributed by atoms with Gasteiger partial charge < -0.3 is 5.32 Å². The Labute approximate surface area is 187 Å². The molecular weight excluding hydrogens is 432 g/mol. The molecular formula is C24H19F2N3O2S. The third-order valence-electron chi connectivity index (χ3n) is 5.05. The zero-order valence-corrected chi connectivity index (χ0v) is 18.2. The molecule has 4 aromatic rings. The number of hydrogen-bond donors (Lipinski definition) is 1. The Hall–Kier alpha value is -3.52. The molecule has 5 nitrogen and oxygen atoms in total. The lowest BCUT2D eigenvalue weighted by molar-refractivity contribution is -0.113. The van der Waals surface area contributed by atoms with E-state index in [1.54, 1.807) is 24.3 Å². The average molecular weight is 451 g/mol. The van der Waals surface area contributed by atoms with Crippen LogP contribution in [0.1, 0.15) is 11.1 Å². The van der Waals surface area contributed by atoms with Crippen LogP contribution in [0, 0.1) is 25.5 Å². The van der Waals surface area contributed by atoms with Crippen molar-refractivity contribution < 1.29 is 13.6 Å². The number of rotatable bonds is 5. The molecule has 0 spiro atoms. The van der Waals surface area contributed by atoms with Gasteiger partial charge in [0, 0.05) is 0 Å². The third-order valence-corrected chi connectivity index (χ3v) is 5.99. The van der Waals surface area contributed by atoms with Gasteiger partial charge in [-0.25, -0.2) is 13.8 Å². The Morgan fingerprint density at radius 2 is 1.72 bits per heavy atom. The van der Waals surface area contributed by atoms with Crippen LogP contribution in [0.5, 0.6) is 0 Å². The molecule has 1 amide bonds. The largest absolute Gasteiger partial charge is 0.320 e. The number of anilines is 1. The molecule has 0 aliphatic heterocycles. The molecule has 0 saturated heterocycles. The summed E-state index contributed by atoms with van der Waals surface area (Å²) in [7, 11) is 0. The molecule has 0 bridgehead atoms. The summed E-state index contributed by atoms with van der Waals surface area (Å²) in [6, 6.07) is 15.9. The minimum atomic E-state index is -0.862. The first-order valence-electron chi connectivity index (χ1n) is 9.81. The monoisotopic (exact) mass is 451 g/mol. The van der Waals surface area contributed by atoms with E-state index in [0.29, 0.717) is 21.7 Å². The molecule has 1 heterocycles. The van der Waals surface area contributed by atoms with Crippen molar-refractivity contribution in [2.45, 2.75) is 19.0 Å². The van der Waals surface area contributed by atoms with Crippen LogP contribution in [0.2, 0.25) is 0 Å². The lowest BCUT2D eigenvalue weighted by Gasteiger charge is -2.14. The third kappa shape index (κ3) is 4.27. The second-order valence-corrected chi connectivity index (χ2v) is 8.20. The highest BCUT2D eigenvalue weighted by molar-refractivity contribution is 7.99.